The van der Waals surface area contributed by atoms with Crippen molar-refractivity contribution in [3.05, 3.63) is 78.1 Å². The van der Waals surface area contributed by atoms with Crippen molar-refractivity contribution in [2.75, 3.05) is 11.9 Å². The van der Waals surface area contributed by atoms with Crippen molar-refractivity contribution in [2.24, 2.45) is 0 Å². The van der Waals surface area contributed by atoms with Crippen LogP contribution in [0.15, 0.2) is 67.0 Å². The molecule has 120 valence electrons. The minimum absolute atomic E-state index is 0.0630. The average Bonchev–Trinajstić information content (AvgIpc) is 3.16. The number of rotatable bonds is 3. The smallest absolute Gasteiger partial charge is 0.257 e. The molecule has 2 heterocycles. The van der Waals surface area contributed by atoms with Crippen LogP contribution in [0.1, 0.15) is 29.0 Å². The first-order valence-corrected chi connectivity index (χ1v) is 8.04. The highest BCUT2D eigenvalue weighted by Gasteiger charge is 2.31. The van der Waals surface area contributed by atoms with Gasteiger partial charge in [0.15, 0.2) is 0 Å². The summed E-state index contributed by atoms with van der Waals surface area (Å²) < 4.78 is 1.82. The van der Waals surface area contributed by atoms with E-state index in [4.69, 9.17) is 0 Å². The standard InChI is InChI=1S/C19H18N4O/c1-2-22-18(21-17-7-4-3-6-16(17)19(22)24)14-8-10-15(11-9-14)23-13-5-12-20-23/h3-13,18,21H,2H2,1H3/t18-/m0/s1. The fourth-order valence-corrected chi connectivity index (χ4v) is 3.11. The van der Waals surface area contributed by atoms with Crippen LogP contribution in [0.4, 0.5) is 5.69 Å². The van der Waals surface area contributed by atoms with Crippen LogP contribution in [-0.4, -0.2) is 27.1 Å². The molecule has 0 radical (unpaired) electrons. The first-order chi connectivity index (χ1) is 11.8. The van der Waals surface area contributed by atoms with E-state index in [1.807, 2.05) is 77.3 Å². The van der Waals surface area contributed by atoms with E-state index in [9.17, 15) is 4.79 Å². The number of amides is 1. The molecule has 2 aromatic carbocycles. The van der Waals surface area contributed by atoms with Gasteiger partial charge >= 0.3 is 0 Å². The zero-order valence-corrected chi connectivity index (χ0v) is 13.4. The van der Waals surface area contributed by atoms with Gasteiger partial charge < -0.3 is 10.2 Å². The number of fused-ring (bicyclic) bond motifs is 1. The molecule has 0 unspecified atom stereocenters. The van der Waals surface area contributed by atoms with Crippen molar-refractivity contribution in [1.82, 2.24) is 14.7 Å². The molecule has 3 aromatic rings. The van der Waals surface area contributed by atoms with Gasteiger partial charge in [0.2, 0.25) is 0 Å². The highest BCUT2D eigenvalue weighted by Crippen LogP contribution is 2.32. The monoisotopic (exact) mass is 318 g/mol. The predicted octanol–water partition coefficient (Wildman–Crippen LogP) is 3.46. The number of carbonyl (C=O) groups is 1. The van der Waals surface area contributed by atoms with Crippen LogP contribution in [0.25, 0.3) is 5.69 Å². The fraction of sp³-hybridized carbons (Fsp3) is 0.158. The van der Waals surface area contributed by atoms with Crippen LogP contribution in [0.5, 0.6) is 0 Å². The lowest BCUT2D eigenvalue weighted by atomic mass is 10.0. The lowest BCUT2D eigenvalue weighted by Gasteiger charge is -2.37. The zero-order valence-electron chi connectivity index (χ0n) is 13.4. The summed E-state index contributed by atoms with van der Waals surface area (Å²) in [6, 6.07) is 17.7. The number of nitrogens with zero attached hydrogens (tertiary/aromatic N) is 3. The van der Waals surface area contributed by atoms with Gasteiger partial charge in [-0.05, 0) is 42.8 Å². The van der Waals surface area contributed by atoms with Gasteiger partial charge in [-0.25, -0.2) is 4.68 Å². The van der Waals surface area contributed by atoms with E-state index in [0.29, 0.717) is 6.54 Å². The largest absolute Gasteiger partial charge is 0.361 e. The highest BCUT2D eigenvalue weighted by molar-refractivity contribution is 6.01. The van der Waals surface area contributed by atoms with Gasteiger partial charge in [0.25, 0.3) is 5.91 Å². The molecule has 0 saturated carbocycles. The molecule has 1 N–H and O–H groups in total. The number of hydrogen-bond donors (Lipinski definition) is 1. The van der Waals surface area contributed by atoms with Gasteiger partial charge in [0.1, 0.15) is 6.17 Å². The molecule has 1 aliphatic heterocycles. The molecular weight excluding hydrogens is 300 g/mol. The molecule has 4 rings (SSSR count). The number of nitrogens with one attached hydrogen (secondary N) is 1. The Kier molecular flexibility index (Phi) is 3.54. The van der Waals surface area contributed by atoms with Gasteiger partial charge in [-0.15, -0.1) is 0 Å². The van der Waals surface area contributed by atoms with Crippen LogP contribution in [0.2, 0.25) is 0 Å². The number of hydrogen-bond acceptors (Lipinski definition) is 3. The molecule has 24 heavy (non-hydrogen) atoms. The maximum absolute atomic E-state index is 12.8. The Morgan fingerprint density at radius 1 is 1.08 bits per heavy atom. The topological polar surface area (TPSA) is 50.2 Å². The molecule has 0 bridgehead atoms. The summed E-state index contributed by atoms with van der Waals surface area (Å²) >= 11 is 0. The number of carbonyl (C=O) groups excluding carboxylic acids is 1. The SMILES string of the molecule is CCN1C(=O)c2ccccc2N[C@@H]1c1ccc(-n2cccn2)cc1. The fourth-order valence-electron chi connectivity index (χ4n) is 3.11. The average molecular weight is 318 g/mol. The molecule has 1 aromatic heterocycles. The minimum Gasteiger partial charge on any atom is -0.361 e. The van der Waals surface area contributed by atoms with Crippen LogP contribution >= 0.6 is 0 Å². The second-order valence-electron chi connectivity index (χ2n) is 5.73. The molecule has 0 fully saturated rings. The summed E-state index contributed by atoms with van der Waals surface area (Å²) in [7, 11) is 0. The third-order valence-corrected chi connectivity index (χ3v) is 4.34. The molecule has 1 aliphatic rings. The maximum atomic E-state index is 12.8. The van der Waals surface area contributed by atoms with Gasteiger partial charge in [-0.2, -0.15) is 5.10 Å². The summed E-state index contributed by atoms with van der Waals surface area (Å²) in [5.41, 5.74) is 3.65. The zero-order chi connectivity index (χ0) is 16.5. The number of anilines is 1. The molecule has 0 saturated heterocycles. The van der Waals surface area contributed by atoms with E-state index in [1.165, 1.54) is 0 Å². The third kappa shape index (κ3) is 2.34. The van der Waals surface area contributed by atoms with Crippen LogP contribution < -0.4 is 5.32 Å². The Morgan fingerprint density at radius 3 is 2.58 bits per heavy atom. The minimum atomic E-state index is -0.163. The Morgan fingerprint density at radius 2 is 1.88 bits per heavy atom. The lowest BCUT2D eigenvalue weighted by molar-refractivity contribution is 0.0695. The van der Waals surface area contributed by atoms with E-state index in [0.717, 1.165) is 22.5 Å². The van der Waals surface area contributed by atoms with Crippen molar-refractivity contribution in [2.45, 2.75) is 13.1 Å². The van der Waals surface area contributed by atoms with Crippen molar-refractivity contribution < 1.29 is 4.79 Å². The van der Waals surface area contributed by atoms with Gasteiger partial charge in [-0.3, -0.25) is 4.79 Å². The Hall–Kier alpha value is -3.08. The van der Waals surface area contributed by atoms with Crippen LogP contribution in [-0.2, 0) is 0 Å². The normalized spacial score (nSPS) is 16.6. The number of para-hydroxylation sites is 1. The predicted molar refractivity (Wildman–Crippen MR) is 93.1 cm³/mol. The summed E-state index contributed by atoms with van der Waals surface area (Å²) in [6.45, 7) is 2.64. The third-order valence-electron chi connectivity index (χ3n) is 4.34. The van der Waals surface area contributed by atoms with E-state index >= 15 is 0 Å². The molecule has 5 heteroatoms. The summed E-state index contributed by atoms with van der Waals surface area (Å²) in [4.78, 5) is 14.6. The van der Waals surface area contributed by atoms with Crippen molar-refractivity contribution in [1.29, 1.82) is 0 Å². The van der Waals surface area contributed by atoms with Crippen molar-refractivity contribution in [3.63, 3.8) is 0 Å². The van der Waals surface area contributed by atoms with Gasteiger partial charge in [0, 0.05) is 24.6 Å². The summed E-state index contributed by atoms with van der Waals surface area (Å²) in [5, 5.41) is 7.72. The van der Waals surface area contributed by atoms with Gasteiger partial charge in [0.05, 0.1) is 11.3 Å². The van der Waals surface area contributed by atoms with Crippen molar-refractivity contribution >= 4 is 11.6 Å². The first-order valence-electron chi connectivity index (χ1n) is 8.04. The molecule has 0 spiro atoms. The number of benzene rings is 2. The summed E-state index contributed by atoms with van der Waals surface area (Å²) in [6.07, 6.45) is 3.50. The Bertz CT molecular complexity index is 855. The van der Waals surface area contributed by atoms with Crippen LogP contribution in [0.3, 0.4) is 0 Å². The van der Waals surface area contributed by atoms with E-state index in [2.05, 4.69) is 10.4 Å². The molecular formula is C19H18N4O. The van der Waals surface area contributed by atoms with E-state index in [-0.39, 0.29) is 12.1 Å². The second-order valence-corrected chi connectivity index (χ2v) is 5.73. The van der Waals surface area contributed by atoms with E-state index < -0.39 is 0 Å². The van der Waals surface area contributed by atoms with Gasteiger partial charge in [-0.1, -0.05) is 24.3 Å². The maximum Gasteiger partial charge on any atom is 0.257 e. The van der Waals surface area contributed by atoms with Crippen molar-refractivity contribution in [3.8, 4) is 5.69 Å². The number of aromatic nitrogens is 2. The van der Waals surface area contributed by atoms with E-state index in [1.54, 1.807) is 6.20 Å². The Balaban J connectivity index is 1.69. The first kappa shape index (κ1) is 14.5. The molecule has 5 nitrogen and oxygen atoms in total. The molecule has 1 atom stereocenters. The molecule has 0 aliphatic carbocycles. The Labute approximate surface area is 140 Å². The summed E-state index contributed by atoms with van der Waals surface area (Å²) in [5.74, 6) is 0.0630. The molecule has 1 amide bonds. The second kappa shape index (κ2) is 5.85. The lowest BCUT2D eigenvalue weighted by Crippen LogP contribution is -2.42. The van der Waals surface area contributed by atoms with Crippen LogP contribution in [0, 0.1) is 0 Å². The highest BCUT2D eigenvalue weighted by atomic mass is 16.2. The quantitative estimate of drug-likeness (QED) is 0.804.